The summed E-state index contributed by atoms with van der Waals surface area (Å²) in [5, 5.41) is 16.8. The zero-order chi connectivity index (χ0) is 27.7. The van der Waals surface area contributed by atoms with E-state index in [1.54, 1.807) is 25.7 Å². The second kappa shape index (κ2) is 10.8. The maximum atomic E-state index is 14.0. The molecule has 0 bridgehead atoms. The molecule has 3 rings (SSSR count). The van der Waals surface area contributed by atoms with E-state index in [0.717, 1.165) is 4.31 Å². The first-order chi connectivity index (χ1) is 17.1. The van der Waals surface area contributed by atoms with Gasteiger partial charge in [-0.05, 0) is 57.4 Å². The van der Waals surface area contributed by atoms with Gasteiger partial charge in [-0.1, -0.05) is 11.6 Å². The quantitative estimate of drug-likeness (QED) is 0.528. The summed E-state index contributed by atoms with van der Waals surface area (Å²) in [6.07, 6.45) is 0.362. The molecule has 0 spiro atoms. The van der Waals surface area contributed by atoms with Gasteiger partial charge in [-0.25, -0.2) is 14.0 Å². The van der Waals surface area contributed by atoms with Gasteiger partial charge in [-0.2, -0.15) is 12.7 Å². The predicted octanol–water partition coefficient (Wildman–Crippen LogP) is 3.11. The molecule has 37 heavy (non-hydrogen) atoms. The molecule has 2 aromatic rings. The summed E-state index contributed by atoms with van der Waals surface area (Å²) in [4.78, 5) is 26.2. The molecule has 1 aromatic carbocycles. The van der Waals surface area contributed by atoms with Gasteiger partial charge in [0.05, 0.1) is 0 Å². The first kappa shape index (κ1) is 28.7. The molecule has 11 nitrogen and oxygen atoms in total. The monoisotopic (exact) mass is 559 g/mol. The van der Waals surface area contributed by atoms with E-state index < -0.39 is 45.4 Å². The summed E-state index contributed by atoms with van der Waals surface area (Å²) in [7, 11) is -1.65. The van der Waals surface area contributed by atoms with Crippen molar-refractivity contribution in [3.63, 3.8) is 0 Å². The zero-order valence-electron chi connectivity index (χ0n) is 21.3. The van der Waals surface area contributed by atoms with Crippen molar-refractivity contribution in [1.82, 2.24) is 18.8 Å². The zero-order valence-corrected chi connectivity index (χ0v) is 22.9. The molecule has 1 aliphatic heterocycles. The molecule has 204 valence electrons. The van der Waals surface area contributed by atoms with E-state index in [1.807, 2.05) is 0 Å². The number of nitrogens with zero attached hydrogens (tertiary/aromatic N) is 4. The summed E-state index contributed by atoms with van der Waals surface area (Å²) in [5.41, 5.74) is -0.871. The van der Waals surface area contributed by atoms with Crippen LogP contribution in [0.3, 0.4) is 0 Å². The number of aromatic carboxylic acids is 1. The molecule has 2 N–H and O–H groups in total. The van der Waals surface area contributed by atoms with Gasteiger partial charge < -0.3 is 20.1 Å². The molecule has 0 saturated carbocycles. The van der Waals surface area contributed by atoms with Crippen molar-refractivity contribution in [3.8, 4) is 0 Å². The predicted molar refractivity (Wildman–Crippen MR) is 136 cm³/mol. The van der Waals surface area contributed by atoms with Crippen LogP contribution >= 0.6 is 11.6 Å². The number of carbonyl (C=O) groups excluding carboxylic acids is 1. The molecule has 1 aliphatic rings. The van der Waals surface area contributed by atoms with Crippen LogP contribution in [-0.2, 0) is 21.4 Å². The Morgan fingerprint density at radius 3 is 2.59 bits per heavy atom. The second-order valence-corrected chi connectivity index (χ2v) is 12.3. The number of alkyl carbamates (subject to hydrolysis) is 1. The fourth-order valence-electron chi connectivity index (χ4n) is 4.01. The Labute approximate surface area is 220 Å². The lowest BCUT2D eigenvalue weighted by Gasteiger charge is -2.35. The van der Waals surface area contributed by atoms with Crippen LogP contribution in [0.5, 0.6) is 0 Å². The van der Waals surface area contributed by atoms with Crippen molar-refractivity contribution in [3.05, 3.63) is 45.9 Å². The van der Waals surface area contributed by atoms with E-state index in [2.05, 4.69) is 10.4 Å². The molecule has 0 radical (unpaired) electrons. The fourth-order valence-corrected chi connectivity index (χ4v) is 5.14. The number of halogens is 2. The number of hydrogen-bond donors (Lipinski definition) is 2. The number of ether oxygens (including phenoxy) is 1. The van der Waals surface area contributed by atoms with Crippen LogP contribution in [0.4, 0.5) is 15.0 Å². The number of amides is 1. The van der Waals surface area contributed by atoms with E-state index >= 15 is 0 Å². The highest BCUT2D eigenvalue weighted by Gasteiger charge is 2.35. The van der Waals surface area contributed by atoms with E-state index in [9.17, 15) is 27.5 Å². The van der Waals surface area contributed by atoms with E-state index in [1.165, 1.54) is 32.3 Å². The number of carbonyl (C=O) groups is 2. The molecule has 14 heteroatoms. The molecular weight excluding hydrogens is 529 g/mol. The van der Waals surface area contributed by atoms with Gasteiger partial charge in [0.2, 0.25) is 0 Å². The molecule has 2 heterocycles. The third-order valence-electron chi connectivity index (χ3n) is 5.63. The summed E-state index contributed by atoms with van der Waals surface area (Å²) >= 11 is 6.25. The Hall–Kier alpha value is -2.90. The van der Waals surface area contributed by atoms with E-state index in [4.69, 9.17) is 16.3 Å². The van der Waals surface area contributed by atoms with E-state index in [0.29, 0.717) is 23.5 Å². The molecule has 1 saturated heterocycles. The average Bonchev–Trinajstić information content (AvgIpc) is 3.15. The normalized spacial score (nSPS) is 16.6. The minimum atomic E-state index is -4.25. The first-order valence-corrected chi connectivity index (χ1v) is 13.3. The van der Waals surface area contributed by atoms with Crippen molar-refractivity contribution in [2.45, 2.75) is 51.7 Å². The van der Waals surface area contributed by atoms with Crippen LogP contribution in [0.15, 0.2) is 18.2 Å². The van der Waals surface area contributed by atoms with Crippen LogP contribution in [0.2, 0.25) is 5.02 Å². The van der Waals surface area contributed by atoms with E-state index in [-0.39, 0.29) is 34.9 Å². The topological polar surface area (TPSA) is 134 Å². The molecule has 1 amide bonds. The third kappa shape index (κ3) is 6.70. The number of anilines is 1. The fraction of sp³-hybridized carbons (Fsp3) is 0.522. The number of rotatable bonds is 7. The Morgan fingerprint density at radius 1 is 1.32 bits per heavy atom. The van der Waals surface area contributed by atoms with Gasteiger partial charge in [0.1, 0.15) is 17.2 Å². The largest absolute Gasteiger partial charge is 0.476 e. The highest BCUT2D eigenvalue weighted by atomic mass is 35.5. The highest BCUT2D eigenvalue weighted by molar-refractivity contribution is 7.87. The Balaban J connectivity index is 2.11. The van der Waals surface area contributed by atoms with Gasteiger partial charge in [-0.15, -0.1) is 9.19 Å². The maximum absolute atomic E-state index is 14.0. The standard InChI is InChI=1S/C23H31ClFN5O6S/c1-23(2,3)36-22(33)26-16-7-6-10-29(13-16)20-17(12-14-11-15(25)8-9-18(14)24)19(21(31)32)27-30(20)37(34,35)28(4)5/h8-9,11,16H,6-7,10,12-13H2,1-5H3,(H,26,33)(H,31,32)/t16-/m0/s1. The van der Waals surface area contributed by atoms with Crippen molar-refractivity contribution >= 4 is 39.7 Å². The average molecular weight is 560 g/mol. The Bertz CT molecular complexity index is 1290. The number of benzene rings is 1. The number of carboxylic acid groups (broad SMARTS) is 1. The van der Waals surface area contributed by atoms with Gasteiger partial charge in [0.25, 0.3) is 0 Å². The molecule has 1 atom stereocenters. The van der Waals surface area contributed by atoms with Crippen LogP contribution < -0.4 is 10.2 Å². The van der Waals surface area contributed by atoms with Crippen LogP contribution in [0.1, 0.15) is 55.2 Å². The van der Waals surface area contributed by atoms with Crippen molar-refractivity contribution in [2.24, 2.45) is 0 Å². The smallest absolute Gasteiger partial charge is 0.407 e. The van der Waals surface area contributed by atoms with Crippen molar-refractivity contribution < 1.29 is 32.2 Å². The highest BCUT2D eigenvalue weighted by Crippen LogP contribution is 2.33. The number of carboxylic acids is 1. The molecule has 1 fully saturated rings. The first-order valence-electron chi connectivity index (χ1n) is 11.6. The van der Waals surface area contributed by atoms with Gasteiger partial charge in [0.15, 0.2) is 5.69 Å². The Morgan fingerprint density at radius 2 is 2.00 bits per heavy atom. The summed E-state index contributed by atoms with van der Waals surface area (Å²) in [5.74, 6) is -2.01. The lowest BCUT2D eigenvalue weighted by molar-refractivity contribution is 0.0499. The lowest BCUT2D eigenvalue weighted by Crippen LogP contribution is -2.50. The summed E-state index contributed by atoms with van der Waals surface area (Å²) < 4.78 is 47.3. The minimum Gasteiger partial charge on any atom is -0.476 e. The number of hydrogen-bond acceptors (Lipinski definition) is 7. The third-order valence-corrected chi connectivity index (χ3v) is 7.61. The SMILES string of the molecule is CN(C)S(=O)(=O)n1nc(C(=O)O)c(Cc2cc(F)ccc2Cl)c1N1CCC[C@H](NC(=O)OC(C)(C)C)C1. The lowest BCUT2D eigenvalue weighted by atomic mass is 10.0. The maximum Gasteiger partial charge on any atom is 0.407 e. The number of piperidine rings is 1. The van der Waals surface area contributed by atoms with Gasteiger partial charge in [-0.3, -0.25) is 0 Å². The molecule has 1 aromatic heterocycles. The molecular formula is C23H31ClFN5O6S. The van der Waals surface area contributed by atoms with Crippen LogP contribution in [0.25, 0.3) is 0 Å². The molecule has 0 unspecified atom stereocenters. The second-order valence-electron chi connectivity index (χ2n) is 9.93. The van der Waals surface area contributed by atoms with Crippen LogP contribution in [0, 0.1) is 5.82 Å². The van der Waals surface area contributed by atoms with Gasteiger partial charge >= 0.3 is 22.3 Å². The Kier molecular flexibility index (Phi) is 8.40. The number of nitrogens with one attached hydrogen (secondary N) is 1. The van der Waals surface area contributed by atoms with Gasteiger partial charge in [0, 0.05) is 50.2 Å². The van der Waals surface area contributed by atoms with Crippen molar-refractivity contribution in [1.29, 1.82) is 0 Å². The molecule has 0 aliphatic carbocycles. The minimum absolute atomic E-state index is 0.0158. The number of aromatic nitrogens is 2. The van der Waals surface area contributed by atoms with Crippen LogP contribution in [-0.4, -0.2) is 77.9 Å². The summed E-state index contributed by atoms with van der Waals surface area (Å²) in [6, 6.07) is 3.27. The summed E-state index contributed by atoms with van der Waals surface area (Å²) in [6.45, 7) is 5.74. The van der Waals surface area contributed by atoms with Crippen molar-refractivity contribution in [2.75, 3.05) is 32.1 Å².